The van der Waals surface area contributed by atoms with Crippen LogP contribution in [0.5, 0.6) is 0 Å². The first-order valence-corrected chi connectivity index (χ1v) is 2.54. The zero-order chi connectivity index (χ0) is 7.72. The number of nitrogens with two attached hydrogens (primary N) is 1. The van der Waals surface area contributed by atoms with Crippen LogP contribution in [0.3, 0.4) is 0 Å². The van der Waals surface area contributed by atoms with Crippen molar-refractivity contribution in [1.29, 1.82) is 0 Å². The van der Waals surface area contributed by atoms with Crippen LogP contribution in [0.25, 0.3) is 0 Å². The summed E-state index contributed by atoms with van der Waals surface area (Å²) in [5, 5.41) is 2.17. The molecule has 10 heavy (non-hydrogen) atoms. The van der Waals surface area contributed by atoms with Gasteiger partial charge in [0.25, 0.3) is 0 Å². The normalized spacial score (nSPS) is 9.70. The van der Waals surface area contributed by atoms with Crippen molar-refractivity contribution in [2.24, 2.45) is 7.05 Å². The molecular formula is C4H6N4O2. The highest BCUT2D eigenvalue weighted by atomic mass is 16.2. The van der Waals surface area contributed by atoms with Gasteiger partial charge >= 0.3 is 11.1 Å². The number of nitrogens with zero attached hydrogens (tertiary/aromatic N) is 2. The topological polar surface area (TPSA) is 93.8 Å². The van der Waals surface area contributed by atoms with Crippen LogP contribution in [-0.4, -0.2) is 14.8 Å². The minimum Gasteiger partial charge on any atom is -0.368 e. The lowest BCUT2D eigenvalue weighted by Gasteiger charge is -1.97. The van der Waals surface area contributed by atoms with E-state index in [2.05, 4.69) is 10.1 Å². The highest BCUT2D eigenvalue weighted by Gasteiger charge is 1.96. The fourth-order valence-electron chi connectivity index (χ4n) is 0.487. The summed E-state index contributed by atoms with van der Waals surface area (Å²) >= 11 is 0. The Morgan fingerprint density at radius 2 is 2.20 bits per heavy atom. The summed E-state index contributed by atoms with van der Waals surface area (Å²) in [6, 6.07) is 0. The van der Waals surface area contributed by atoms with Gasteiger partial charge < -0.3 is 5.73 Å². The SMILES string of the molecule is Cn1[nH]c(=O)c(=O)nc1N. The molecule has 0 aliphatic carbocycles. The first kappa shape index (κ1) is 6.53. The van der Waals surface area contributed by atoms with Gasteiger partial charge in [-0.15, -0.1) is 0 Å². The Labute approximate surface area is 55.3 Å². The Hall–Kier alpha value is -1.59. The van der Waals surface area contributed by atoms with Crippen LogP contribution in [0, 0.1) is 0 Å². The summed E-state index contributed by atoms with van der Waals surface area (Å²) in [5.74, 6) is -0.00963. The van der Waals surface area contributed by atoms with Crippen LogP contribution in [0.1, 0.15) is 0 Å². The monoisotopic (exact) mass is 142 g/mol. The summed E-state index contributed by atoms with van der Waals surface area (Å²) in [4.78, 5) is 24.1. The predicted octanol–water partition coefficient (Wildman–Crippen LogP) is -1.95. The third-order valence-electron chi connectivity index (χ3n) is 1.02. The van der Waals surface area contributed by atoms with Gasteiger partial charge in [0.15, 0.2) is 0 Å². The van der Waals surface area contributed by atoms with Crippen molar-refractivity contribution in [3.8, 4) is 0 Å². The van der Waals surface area contributed by atoms with Crippen molar-refractivity contribution < 1.29 is 0 Å². The predicted molar refractivity (Wildman–Crippen MR) is 34.5 cm³/mol. The number of anilines is 1. The van der Waals surface area contributed by atoms with E-state index in [0.717, 1.165) is 0 Å². The molecule has 0 saturated heterocycles. The van der Waals surface area contributed by atoms with Crippen LogP contribution in [0.15, 0.2) is 9.59 Å². The van der Waals surface area contributed by atoms with E-state index in [1.165, 1.54) is 11.7 Å². The average molecular weight is 142 g/mol. The van der Waals surface area contributed by atoms with Gasteiger partial charge in [-0.3, -0.25) is 19.4 Å². The van der Waals surface area contributed by atoms with Crippen molar-refractivity contribution in [2.45, 2.75) is 0 Å². The highest BCUT2D eigenvalue weighted by molar-refractivity contribution is 5.11. The quantitative estimate of drug-likeness (QED) is 0.412. The van der Waals surface area contributed by atoms with Gasteiger partial charge in [-0.1, -0.05) is 0 Å². The molecule has 0 radical (unpaired) electrons. The van der Waals surface area contributed by atoms with Gasteiger partial charge in [0.05, 0.1) is 0 Å². The Morgan fingerprint density at radius 1 is 1.60 bits per heavy atom. The van der Waals surface area contributed by atoms with E-state index < -0.39 is 11.1 Å². The van der Waals surface area contributed by atoms with Gasteiger partial charge in [-0.05, 0) is 0 Å². The average Bonchev–Trinajstić information content (AvgIpc) is 1.84. The maximum Gasteiger partial charge on any atom is 0.339 e. The van der Waals surface area contributed by atoms with Gasteiger partial charge in [0.2, 0.25) is 5.95 Å². The molecule has 3 N–H and O–H groups in total. The summed E-state index contributed by atoms with van der Waals surface area (Å²) in [5.41, 5.74) is 3.54. The van der Waals surface area contributed by atoms with Crippen molar-refractivity contribution in [2.75, 3.05) is 5.73 Å². The van der Waals surface area contributed by atoms with Gasteiger partial charge in [0, 0.05) is 7.05 Å². The molecule has 0 saturated carbocycles. The minimum atomic E-state index is -0.865. The van der Waals surface area contributed by atoms with Crippen molar-refractivity contribution in [3.63, 3.8) is 0 Å². The second kappa shape index (κ2) is 1.98. The largest absolute Gasteiger partial charge is 0.368 e. The molecular weight excluding hydrogens is 136 g/mol. The second-order valence-corrected chi connectivity index (χ2v) is 1.78. The third kappa shape index (κ3) is 0.903. The Balaban J connectivity index is 3.59. The van der Waals surface area contributed by atoms with E-state index in [0.29, 0.717) is 0 Å². The Kier molecular flexibility index (Phi) is 1.29. The second-order valence-electron chi connectivity index (χ2n) is 1.78. The number of hydrogen-bond acceptors (Lipinski definition) is 4. The fraction of sp³-hybridized carbons (Fsp3) is 0.250. The van der Waals surface area contributed by atoms with Crippen LogP contribution in [0.2, 0.25) is 0 Å². The molecule has 1 rings (SSSR count). The van der Waals surface area contributed by atoms with Gasteiger partial charge in [-0.2, -0.15) is 4.98 Å². The molecule has 0 aromatic carbocycles. The number of hydrogen-bond donors (Lipinski definition) is 2. The number of nitrogens with one attached hydrogen (secondary N) is 1. The molecule has 0 aliphatic rings. The fourth-order valence-corrected chi connectivity index (χ4v) is 0.487. The lowest BCUT2D eigenvalue weighted by molar-refractivity contribution is 0.701. The first-order chi connectivity index (χ1) is 4.61. The summed E-state index contributed by atoms with van der Waals surface area (Å²) in [6.07, 6.45) is 0. The maximum absolute atomic E-state index is 10.5. The molecule has 0 atom stereocenters. The molecule has 1 heterocycles. The van der Waals surface area contributed by atoms with Crippen molar-refractivity contribution in [3.05, 3.63) is 20.7 Å². The van der Waals surface area contributed by atoms with E-state index in [1.54, 1.807) is 0 Å². The van der Waals surface area contributed by atoms with E-state index in [9.17, 15) is 9.59 Å². The van der Waals surface area contributed by atoms with E-state index >= 15 is 0 Å². The van der Waals surface area contributed by atoms with Crippen molar-refractivity contribution >= 4 is 5.95 Å². The van der Waals surface area contributed by atoms with Crippen LogP contribution in [0.4, 0.5) is 5.95 Å². The molecule has 6 heteroatoms. The molecule has 0 bridgehead atoms. The summed E-state index contributed by atoms with van der Waals surface area (Å²) < 4.78 is 1.17. The van der Waals surface area contributed by atoms with Gasteiger partial charge in [-0.25, -0.2) is 0 Å². The summed E-state index contributed by atoms with van der Waals surface area (Å²) in [7, 11) is 1.49. The smallest absolute Gasteiger partial charge is 0.339 e. The number of H-pyrrole nitrogens is 1. The Morgan fingerprint density at radius 3 is 2.70 bits per heavy atom. The molecule has 6 nitrogen and oxygen atoms in total. The number of nitrogen functional groups attached to an aromatic ring is 1. The highest BCUT2D eigenvalue weighted by Crippen LogP contribution is 1.79. The zero-order valence-corrected chi connectivity index (χ0v) is 5.29. The lowest BCUT2D eigenvalue weighted by Crippen LogP contribution is -2.34. The molecule has 1 aromatic rings. The summed E-state index contributed by atoms with van der Waals surface area (Å²) in [6.45, 7) is 0. The molecule has 1 aromatic heterocycles. The first-order valence-electron chi connectivity index (χ1n) is 2.54. The third-order valence-corrected chi connectivity index (χ3v) is 1.02. The zero-order valence-electron chi connectivity index (χ0n) is 5.29. The number of rotatable bonds is 0. The standard InChI is InChI=1S/C4H6N4O2/c1-8-4(5)6-2(9)3(10)7-8/h1H3,(H,7,10)(H2,5,6,9). The molecule has 0 amide bonds. The number of aromatic amines is 1. The van der Waals surface area contributed by atoms with Crippen LogP contribution >= 0.6 is 0 Å². The molecule has 0 aliphatic heterocycles. The maximum atomic E-state index is 10.5. The molecule has 0 fully saturated rings. The molecule has 0 unspecified atom stereocenters. The van der Waals surface area contributed by atoms with Crippen LogP contribution in [-0.2, 0) is 7.05 Å². The minimum absolute atomic E-state index is 0.00963. The van der Waals surface area contributed by atoms with Crippen molar-refractivity contribution in [1.82, 2.24) is 14.8 Å². The van der Waals surface area contributed by atoms with Gasteiger partial charge in [0.1, 0.15) is 0 Å². The van der Waals surface area contributed by atoms with E-state index in [4.69, 9.17) is 5.73 Å². The van der Waals surface area contributed by atoms with E-state index in [-0.39, 0.29) is 5.95 Å². The number of aromatic nitrogens is 3. The molecule has 0 spiro atoms. The number of aryl methyl sites for hydroxylation is 1. The molecule has 54 valence electrons. The van der Waals surface area contributed by atoms with E-state index in [1.807, 2.05) is 0 Å². The Bertz CT molecular complexity index is 314. The lowest BCUT2D eigenvalue weighted by atomic mass is 10.8. The van der Waals surface area contributed by atoms with Crippen LogP contribution < -0.4 is 16.9 Å².